The number of benzene rings is 1. The summed E-state index contributed by atoms with van der Waals surface area (Å²) in [5.41, 5.74) is 1.20. The molecule has 0 saturated carbocycles. The summed E-state index contributed by atoms with van der Waals surface area (Å²) >= 11 is 0. The average molecular weight is 278 g/mol. The Bertz CT molecular complexity index is 368. The first-order valence-electron chi connectivity index (χ1n) is 7.28. The summed E-state index contributed by atoms with van der Waals surface area (Å²) in [5, 5.41) is 5.94. The highest BCUT2D eigenvalue weighted by Gasteiger charge is 2.10. The van der Waals surface area contributed by atoms with E-state index in [1.54, 1.807) is 0 Å². The van der Waals surface area contributed by atoms with Crippen molar-refractivity contribution in [3.8, 4) is 0 Å². The molecular formula is C16H26N2O2. The zero-order chi connectivity index (χ0) is 14.6. The number of amides is 1. The maximum absolute atomic E-state index is 11.6. The van der Waals surface area contributed by atoms with E-state index in [4.69, 9.17) is 4.74 Å². The Labute approximate surface area is 121 Å². The Balaban J connectivity index is 1.96. The molecule has 0 bridgehead atoms. The van der Waals surface area contributed by atoms with Crippen molar-refractivity contribution in [1.29, 1.82) is 0 Å². The average Bonchev–Trinajstić information content (AvgIpc) is 2.47. The Hall–Kier alpha value is -1.39. The Morgan fingerprint density at radius 3 is 2.70 bits per heavy atom. The molecule has 1 rings (SSSR count). The number of hydrogen-bond donors (Lipinski definition) is 2. The lowest BCUT2D eigenvalue weighted by molar-refractivity contribution is -0.124. The molecule has 0 aliphatic rings. The lowest BCUT2D eigenvalue weighted by Gasteiger charge is -2.11. The van der Waals surface area contributed by atoms with Crippen molar-refractivity contribution in [2.24, 2.45) is 5.92 Å². The third kappa shape index (κ3) is 7.26. The maximum Gasteiger partial charge on any atom is 0.224 e. The third-order valence-corrected chi connectivity index (χ3v) is 3.08. The SMILES string of the molecule is CNCC(C)C(=O)NCCCCOCc1ccccc1. The molecule has 20 heavy (non-hydrogen) atoms. The third-order valence-electron chi connectivity index (χ3n) is 3.08. The van der Waals surface area contributed by atoms with Gasteiger partial charge in [-0.05, 0) is 25.5 Å². The minimum Gasteiger partial charge on any atom is -0.377 e. The summed E-state index contributed by atoms with van der Waals surface area (Å²) in [6.07, 6.45) is 1.92. The quantitative estimate of drug-likeness (QED) is 0.643. The van der Waals surface area contributed by atoms with E-state index in [9.17, 15) is 4.79 Å². The Kier molecular flexibility index (Phi) is 8.67. The molecule has 1 aromatic rings. The van der Waals surface area contributed by atoms with Crippen molar-refractivity contribution >= 4 is 5.91 Å². The Morgan fingerprint density at radius 2 is 2.00 bits per heavy atom. The normalized spacial score (nSPS) is 12.1. The van der Waals surface area contributed by atoms with Crippen molar-refractivity contribution in [1.82, 2.24) is 10.6 Å². The monoisotopic (exact) mass is 278 g/mol. The van der Waals surface area contributed by atoms with E-state index in [2.05, 4.69) is 22.8 Å². The van der Waals surface area contributed by atoms with Crippen LogP contribution in [0.3, 0.4) is 0 Å². The highest BCUT2D eigenvalue weighted by atomic mass is 16.5. The fourth-order valence-electron chi connectivity index (χ4n) is 1.88. The number of unbranched alkanes of at least 4 members (excludes halogenated alkanes) is 1. The van der Waals surface area contributed by atoms with Gasteiger partial charge in [0.15, 0.2) is 0 Å². The molecule has 0 aliphatic heterocycles. The second-order valence-electron chi connectivity index (χ2n) is 5.00. The molecule has 1 atom stereocenters. The fraction of sp³-hybridized carbons (Fsp3) is 0.562. The van der Waals surface area contributed by atoms with Gasteiger partial charge in [-0.3, -0.25) is 4.79 Å². The molecule has 0 radical (unpaired) electrons. The maximum atomic E-state index is 11.6. The van der Waals surface area contributed by atoms with E-state index < -0.39 is 0 Å². The number of rotatable bonds is 10. The Morgan fingerprint density at radius 1 is 1.25 bits per heavy atom. The molecule has 4 nitrogen and oxygen atoms in total. The molecule has 1 aromatic carbocycles. The van der Waals surface area contributed by atoms with Gasteiger partial charge in [0.05, 0.1) is 6.61 Å². The first-order chi connectivity index (χ1) is 9.74. The van der Waals surface area contributed by atoms with E-state index in [0.29, 0.717) is 13.2 Å². The van der Waals surface area contributed by atoms with E-state index in [-0.39, 0.29) is 11.8 Å². The highest BCUT2D eigenvalue weighted by Crippen LogP contribution is 2.01. The summed E-state index contributed by atoms with van der Waals surface area (Å²) < 4.78 is 5.59. The van der Waals surface area contributed by atoms with Gasteiger partial charge in [0.2, 0.25) is 5.91 Å². The number of ether oxygens (including phenoxy) is 1. The van der Waals surface area contributed by atoms with Crippen molar-refractivity contribution in [3.63, 3.8) is 0 Å². The van der Waals surface area contributed by atoms with Crippen LogP contribution < -0.4 is 10.6 Å². The number of carbonyl (C=O) groups is 1. The molecular weight excluding hydrogens is 252 g/mol. The number of carbonyl (C=O) groups excluding carboxylic acids is 1. The van der Waals surface area contributed by atoms with Crippen LogP contribution in [0.1, 0.15) is 25.3 Å². The van der Waals surface area contributed by atoms with E-state index in [1.165, 1.54) is 5.56 Å². The van der Waals surface area contributed by atoms with Crippen LogP contribution in [-0.4, -0.2) is 32.7 Å². The van der Waals surface area contributed by atoms with Crippen LogP contribution in [0.15, 0.2) is 30.3 Å². The first-order valence-corrected chi connectivity index (χ1v) is 7.28. The van der Waals surface area contributed by atoms with Gasteiger partial charge < -0.3 is 15.4 Å². The first kappa shape index (κ1) is 16.7. The summed E-state index contributed by atoms with van der Waals surface area (Å²) in [7, 11) is 1.86. The minimum absolute atomic E-state index is 0.0225. The van der Waals surface area contributed by atoms with Gasteiger partial charge in [-0.2, -0.15) is 0 Å². The summed E-state index contributed by atoms with van der Waals surface area (Å²) in [6.45, 7) is 4.76. The molecule has 0 heterocycles. The van der Waals surface area contributed by atoms with Crippen LogP contribution >= 0.6 is 0 Å². The molecule has 1 unspecified atom stereocenters. The molecule has 0 aliphatic carbocycles. The van der Waals surface area contributed by atoms with Crippen LogP contribution in [0.2, 0.25) is 0 Å². The lowest BCUT2D eigenvalue weighted by Crippen LogP contribution is -2.34. The largest absolute Gasteiger partial charge is 0.377 e. The molecule has 112 valence electrons. The van der Waals surface area contributed by atoms with Gasteiger partial charge in [0.1, 0.15) is 0 Å². The second kappa shape index (κ2) is 10.4. The van der Waals surface area contributed by atoms with Crippen LogP contribution in [0, 0.1) is 5.92 Å². The van der Waals surface area contributed by atoms with Gasteiger partial charge in [0, 0.05) is 25.6 Å². The zero-order valence-corrected chi connectivity index (χ0v) is 12.5. The molecule has 0 fully saturated rings. The van der Waals surface area contributed by atoms with Crippen molar-refractivity contribution in [3.05, 3.63) is 35.9 Å². The number of hydrogen-bond acceptors (Lipinski definition) is 3. The topological polar surface area (TPSA) is 50.4 Å². The summed E-state index contributed by atoms with van der Waals surface area (Å²) in [6, 6.07) is 10.1. The summed E-state index contributed by atoms with van der Waals surface area (Å²) in [5.74, 6) is 0.138. The predicted molar refractivity (Wildman–Crippen MR) is 81.4 cm³/mol. The molecule has 4 heteroatoms. The zero-order valence-electron chi connectivity index (χ0n) is 12.5. The van der Waals surface area contributed by atoms with E-state index >= 15 is 0 Å². The molecule has 2 N–H and O–H groups in total. The lowest BCUT2D eigenvalue weighted by atomic mass is 10.1. The van der Waals surface area contributed by atoms with Crippen molar-refractivity contribution < 1.29 is 9.53 Å². The smallest absolute Gasteiger partial charge is 0.224 e. The number of nitrogens with one attached hydrogen (secondary N) is 2. The fourth-order valence-corrected chi connectivity index (χ4v) is 1.88. The predicted octanol–water partition coefficient (Wildman–Crippen LogP) is 1.96. The van der Waals surface area contributed by atoms with Gasteiger partial charge >= 0.3 is 0 Å². The highest BCUT2D eigenvalue weighted by molar-refractivity contribution is 5.78. The van der Waals surface area contributed by atoms with Gasteiger partial charge in [0.25, 0.3) is 0 Å². The summed E-state index contributed by atoms with van der Waals surface area (Å²) in [4.78, 5) is 11.6. The van der Waals surface area contributed by atoms with Gasteiger partial charge in [-0.1, -0.05) is 37.3 Å². The molecule has 0 aromatic heterocycles. The van der Waals surface area contributed by atoms with Crippen LogP contribution in [0.5, 0.6) is 0 Å². The van der Waals surface area contributed by atoms with Crippen molar-refractivity contribution in [2.45, 2.75) is 26.4 Å². The minimum atomic E-state index is 0.0225. The second-order valence-corrected chi connectivity index (χ2v) is 5.00. The van der Waals surface area contributed by atoms with Crippen molar-refractivity contribution in [2.75, 3.05) is 26.7 Å². The molecule has 0 saturated heterocycles. The molecule has 1 amide bonds. The van der Waals surface area contributed by atoms with Crippen LogP contribution in [-0.2, 0) is 16.1 Å². The standard InChI is InChI=1S/C16H26N2O2/c1-14(12-17-2)16(19)18-10-6-7-11-20-13-15-8-4-3-5-9-15/h3-5,8-9,14,17H,6-7,10-13H2,1-2H3,(H,18,19). The molecule has 0 spiro atoms. The van der Waals surface area contributed by atoms with Crippen LogP contribution in [0.4, 0.5) is 0 Å². The van der Waals surface area contributed by atoms with Crippen LogP contribution in [0.25, 0.3) is 0 Å². The van der Waals surface area contributed by atoms with E-state index in [0.717, 1.165) is 26.0 Å². The van der Waals surface area contributed by atoms with Gasteiger partial charge in [-0.15, -0.1) is 0 Å². The van der Waals surface area contributed by atoms with Gasteiger partial charge in [-0.25, -0.2) is 0 Å². The van der Waals surface area contributed by atoms with E-state index in [1.807, 2.05) is 32.2 Å².